The molecule has 1 aromatic carbocycles. The number of aliphatic hydroxyl groups is 1. The summed E-state index contributed by atoms with van der Waals surface area (Å²) < 4.78 is 0. The second kappa shape index (κ2) is 6.44. The second-order valence-corrected chi connectivity index (χ2v) is 5.07. The molecule has 1 aliphatic heterocycles. The number of nitrogen functional groups attached to an aromatic ring is 1. The van der Waals surface area contributed by atoms with E-state index in [2.05, 4.69) is 11.0 Å². The Morgan fingerprint density at radius 3 is 3.05 bits per heavy atom. The molecule has 0 aromatic heterocycles. The van der Waals surface area contributed by atoms with Crippen molar-refractivity contribution < 1.29 is 5.11 Å². The third-order valence-corrected chi connectivity index (χ3v) is 3.80. The van der Waals surface area contributed by atoms with E-state index in [-0.39, 0.29) is 6.61 Å². The Kier molecular flexibility index (Phi) is 4.64. The van der Waals surface area contributed by atoms with Crippen LogP contribution in [0.2, 0.25) is 0 Å². The van der Waals surface area contributed by atoms with Crippen LogP contribution in [0.25, 0.3) is 0 Å². The average molecular weight is 259 g/mol. The average Bonchev–Trinajstić information content (AvgIpc) is 2.87. The first-order valence-electron chi connectivity index (χ1n) is 6.89. The molecule has 4 heteroatoms. The Labute approximate surface area is 114 Å². The number of anilines is 2. The van der Waals surface area contributed by atoms with Gasteiger partial charge in [0.1, 0.15) is 0 Å². The van der Waals surface area contributed by atoms with Crippen LogP contribution in [0.4, 0.5) is 11.4 Å². The molecule has 1 atom stereocenters. The largest absolute Gasteiger partial charge is 0.398 e. The lowest BCUT2D eigenvalue weighted by Crippen LogP contribution is -2.29. The van der Waals surface area contributed by atoms with E-state index < -0.39 is 0 Å². The number of aliphatic hydroxyl groups excluding tert-OH is 1. The van der Waals surface area contributed by atoms with Crippen LogP contribution >= 0.6 is 0 Å². The number of hydrogen-bond donors (Lipinski definition) is 2. The van der Waals surface area contributed by atoms with Crippen LogP contribution in [-0.4, -0.2) is 24.3 Å². The van der Waals surface area contributed by atoms with Crippen LogP contribution in [0.15, 0.2) is 18.2 Å². The van der Waals surface area contributed by atoms with Gasteiger partial charge in [-0.3, -0.25) is 0 Å². The summed E-state index contributed by atoms with van der Waals surface area (Å²) in [5, 5.41) is 17.8. The quantitative estimate of drug-likeness (QED) is 0.794. The van der Waals surface area contributed by atoms with Crippen LogP contribution in [-0.2, 0) is 6.42 Å². The van der Waals surface area contributed by atoms with E-state index >= 15 is 0 Å². The summed E-state index contributed by atoms with van der Waals surface area (Å²) in [4.78, 5) is 2.38. The van der Waals surface area contributed by atoms with Gasteiger partial charge in [0, 0.05) is 30.6 Å². The van der Waals surface area contributed by atoms with Gasteiger partial charge in [0.15, 0.2) is 0 Å². The van der Waals surface area contributed by atoms with Crippen molar-refractivity contribution in [3.63, 3.8) is 0 Å². The fourth-order valence-corrected chi connectivity index (χ4v) is 2.81. The molecule has 0 aliphatic carbocycles. The van der Waals surface area contributed by atoms with Gasteiger partial charge in [-0.25, -0.2) is 0 Å². The third kappa shape index (κ3) is 3.18. The topological polar surface area (TPSA) is 73.3 Å². The number of nitriles is 1. The standard InChI is InChI=1S/C15H21N3O/c16-8-7-12-11-14(5-6-15(12)17)18-9-1-3-13(18)4-2-10-19/h5-6,11,13,19H,1-4,7,9-10,17H2. The van der Waals surface area contributed by atoms with Crippen molar-refractivity contribution in [1.29, 1.82) is 5.26 Å². The number of nitrogens with two attached hydrogens (primary N) is 1. The van der Waals surface area contributed by atoms with Crippen LogP contribution in [0.1, 0.15) is 31.2 Å². The minimum Gasteiger partial charge on any atom is -0.398 e. The molecular weight excluding hydrogens is 238 g/mol. The number of rotatable bonds is 5. The van der Waals surface area contributed by atoms with Crippen molar-refractivity contribution in [2.24, 2.45) is 0 Å². The van der Waals surface area contributed by atoms with Crippen LogP contribution in [0.5, 0.6) is 0 Å². The van der Waals surface area contributed by atoms with E-state index in [1.165, 1.54) is 12.8 Å². The van der Waals surface area contributed by atoms with Gasteiger partial charge in [-0.2, -0.15) is 5.26 Å². The monoisotopic (exact) mass is 259 g/mol. The Morgan fingerprint density at radius 2 is 2.32 bits per heavy atom. The molecule has 3 N–H and O–H groups in total. The van der Waals surface area contributed by atoms with E-state index in [1.54, 1.807) is 0 Å². The second-order valence-electron chi connectivity index (χ2n) is 5.07. The molecule has 0 radical (unpaired) electrons. The Hall–Kier alpha value is -1.73. The normalized spacial score (nSPS) is 18.5. The van der Waals surface area contributed by atoms with Crippen LogP contribution < -0.4 is 10.6 Å². The van der Waals surface area contributed by atoms with Gasteiger partial charge in [0.05, 0.1) is 12.5 Å². The lowest BCUT2D eigenvalue weighted by atomic mass is 10.1. The molecule has 0 spiro atoms. The zero-order chi connectivity index (χ0) is 13.7. The summed E-state index contributed by atoms with van der Waals surface area (Å²) in [6, 6.07) is 8.63. The molecular formula is C15H21N3O. The minimum atomic E-state index is 0.256. The molecule has 0 amide bonds. The summed E-state index contributed by atoms with van der Waals surface area (Å²) in [5.74, 6) is 0. The zero-order valence-electron chi connectivity index (χ0n) is 11.2. The van der Waals surface area contributed by atoms with Gasteiger partial charge < -0.3 is 15.7 Å². The molecule has 1 fully saturated rings. The number of hydrogen-bond acceptors (Lipinski definition) is 4. The van der Waals surface area contributed by atoms with Crippen molar-refractivity contribution in [1.82, 2.24) is 0 Å². The molecule has 2 rings (SSSR count). The molecule has 1 heterocycles. The number of nitrogens with zero attached hydrogens (tertiary/aromatic N) is 2. The minimum absolute atomic E-state index is 0.256. The SMILES string of the molecule is N#CCc1cc(N2CCCC2CCCO)ccc1N. The molecule has 102 valence electrons. The van der Waals surface area contributed by atoms with Gasteiger partial charge >= 0.3 is 0 Å². The smallest absolute Gasteiger partial charge is 0.0670 e. The first-order chi connectivity index (χ1) is 9.26. The highest BCUT2D eigenvalue weighted by atomic mass is 16.2. The summed E-state index contributed by atoms with van der Waals surface area (Å²) in [7, 11) is 0. The van der Waals surface area contributed by atoms with E-state index in [9.17, 15) is 0 Å². The van der Waals surface area contributed by atoms with Gasteiger partial charge in [0.2, 0.25) is 0 Å². The predicted molar refractivity (Wildman–Crippen MR) is 76.9 cm³/mol. The van der Waals surface area contributed by atoms with Gasteiger partial charge in [-0.15, -0.1) is 0 Å². The van der Waals surface area contributed by atoms with E-state index in [1.807, 2.05) is 18.2 Å². The van der Waals surface area contributed by atoms with Crippen LogP contribution in [0, 0.1) is 11.3 Å². The lowest BCUT2D eigenvalue weighted by Gasteiger charge is -2.27. The van der Waals surface area contributed by atoms with E-state index in [4.69, 9.17) is 16.1 Å². The molecule has 4 nitrogen and oxygen atoms in total. The first kappa shape index (κ1) is 13.7. The molecule has 1 aromatic rings. The van der Waals surface area contributed by atoms with E-state index in [0.29, 0.717) is 18.2 Å². The van der Waals surface area contributed by atoms with Crippen molar-refractivity contribution in [2.45, 2.75) is 38.1 Å². The predicted octanol–water partition coefficient (Wildman–Crippen LogP) is 2.08. The first-order valence-corrected chi connectivity index (χ1v) is 6.89. The van der Waals surface area contributed by atoms with Gasteiger partial charge in [-0.05, 0) is 49.4 Å². The van der Waals surface area contributed by atoms with Crippen molar-refractivity contribution in [3.8, 4) is 6.07 Å². The number of benzene rings is 1. The summed E-state index contributed by atoms with van der Waals surface area (Å²) in [5.41, 5.74) is 8.64. The summed E-state index contributed by atoms with van der Waals surface area (Å²) in [6.07, 6.45) is 4.59. The molecule has 0 saturated carbocycles. The van der Waals surface area contributed by atoms with Crippen molar-refractivity contribution in [3.05, 3.63) is 23.8 Å². The zero-order valence-corrected chi connectivity index (χ0v) is 11.2. The highest BCUT2D eigenvalue weighted by molar-refractivity contribution is 5.60. The van der Waals surface area contributed by atoms with Gasteiger partial charge in [0.25, 0.3) is 0 Å². The Balaban J connectivity index is 2.16. The highest BCUT2D eigenvalue weighted by Crippen LogP contribution is 2.30. The highest BCUT2D eigenvalue weighted by Gasteiger charge is 2.24. The fourth-order valence-electron chi connectivity index (χ4n) is 2.81. The molecule has 0 bridgehead atoms. The van der Waals surface area contributed by atoms with Crippen molar-refractivity contribution in [2.75, 3.05) is 23.8 Å². The third-order valence-electron chi connectivity index (χ3n) is 3.80. The Morgan fingerprint density at radius 1 is 1.47 bits per heavy atom. The summed E-state index contributed by atoms with van der Waals surface area (Å²) >= 11 is 0. The lowest BCUT2D eigenvalue weighted by molar-refractivity contribution is 0.279. The van der Waals surface area contributed by atoms with Crippen molar-refractivity contribution >= 4 is 11.4 Å². The van der Waals surface area contributed by atoms with Crippen LogP contribution in [0.3, 0.4) is 0 Å². The fraction of sp³-hybridized carbons (Fsp3) is 0.533. The van der Waals surface area contributed by atoms with E-state index in [0.717, 1.165) is 30.6 Å². The molecule has 19 heavy (non-hydrogen) atoms. The maximum absolute atomic E-state index is 8.96. The molecule has 1 unspecified atom stereocenters. The molecule has 1 saturated heterocycles. The Bertz CT molecular complexity index is 467. The summed E-state index contributed by atoms with van der Waals surface area (Å²) in [6.45, 7) is 1.30. The molecule has 1 aliphatic rings. The maximum atomic E-state index is 8.96. The van der Waals surface area contributed by atoms with Gasteiger partial charge in [-0.1, -0.05) is 0 Å². The maximum Gasteiger partial charge on any atom is 0.0670 e.